The largest absolute Gasteiger partial charge is 0.341 e. The molecular formula is C19H20N2O2. The third-order valence-electron chi connectivity index (χ3n) is 4.27. The SMILES string of the molecule is CC(NC(=O)C(=O)N1c2ccccc2CC1C)c1ccccc1. The molecule has 1 heterocycles. The molecule has 4 nitrogen and oxygen atoms in total. The molecule has 1 aliphatic heterocycles. The van der Waals surface area contributed by atoms with E-state index in [1.807, 2.05) is 68.4 Å². The molecule has 2 aromatic rings. The molecule has 2 amide bonds. The van der Waals surface area contributed by atoms with Gasteiger partial charge in [-0.2, -0.15) is 0 Å². The van der Waals surface area contributed by atoms with Gasteiger partial charge in [-0.25, -0.2) is 0 Å². The van der Waals surface area contributed by atoms with Gasteiger partial charge in [-0.15, -0.1) is 0 Å². The number of nitrogens with one attached hydrogen (secondary N) is 1. The van der Waals surface area contributed by atoms with Crippen molar-refractivity contribution in [3.8, 4) is 0 Å². The van der Waals surface area contributed by atoms with Crippen LogP contribution in [0.25, 0.3) is 0 Å². The van der Waals surface area contributed by atoms with Crippen molar-refractivity contribution in [3.05, 3.63) is 65.7 Å². The quantitative estimate of drug-likeness (QED) is 0.867. The van der Waals surface area contributed by atoms with Crippen LogP contribution in [0.5, 0.6) is 0 Å². The number of carbonyl (C=O) groups excluding carboxylic acids is 2. The van der Waals surface area contributed by atoms with Crippen LogP contribution in [-0.4, -0.2) is 17.9 Å². The molecule has 23 heavy (non-hydrogen) atoms. The van der Waals surface area contributed by atoms with Gasteiger partial charge in [0.15, 0.2) is 0 Å². The summed E-state index contributed by atoms with van der Waals surface area (Å²) < 4.78 is 0. The minimum atomic E-state index is -0.565. The zero-order valence-electron chi connectivity index (χ0n) is 13.3. The molecule has 118 valence electrons. The number of para-hydroxylation sites is 1. The first-order chi connectivity index (χ1) is 11.1. The maximum absolute atomic E-state index is 12.6. The Morgan fingerprint density at radius 2 is 1.74 bits per heavy atom. The zero-order valence-corrected chi connectivity index (χ0v) is 13.3. The van der Waals surface area contributed by atoms with Gasteiger partial charge in [0.2, 0.25) is 0 Å². The van der Waals surface area contributed by atoms with Crippen molar-refractivity contribution in [2.75, 3.05) is 4.90 Å². The molecule has 0 fully saturated rings. The van der Waals surface area contributed by atoms with Crippen LogP contribution < -0.4 is 10.2 Å². The Morgan fingerprint density at radius 3 is 2.48 bits per heavy atom. The second kappa shape index (κ2) is 6.24. The lowest BCUT2D eigenvalue weighted by atomic mass is 10.1. The molecule has 0 bridgehead atoms. The van der Waals surface area contributed by atoms with Gasteiger partial charge in [0.1, 0.15) is 0 Å². The average molecular weight is 308 g/mol. The van der Waals surface area contributed by atoms with E-state index in [0.29, 0.717) is 0 Å². The number of hydrogen-bond acceptors (Lipinski definition) is 2. The van der Waals surface area contributed by atoms with Gasteiger partial charge < -0.3 is 10.2 Å². The topological polar surface area (TPSA) is 49.4 Å². The molecule has 4 heteroatoms. The van der Waals surface area contributed by atoms with Crippen molar-refractivity contribution < 1.29 is 9.59 Å². The smallest absolute Gasteiger partial charge is 0.316 e. The summed E-state index contributed by atoms with van der Waals surface area (Å²) in [5.74, 6) is -1.06. The summed E-state index contributed by atoms with van der Waals surface area (Å²) in [5, 5.41) is 2.79. The van der Waals surface area contributed by atoms with Crippen LogP contribution >= 0.6 is 0 Å². The summed E-state index contributed by atoms with van der Waals surface area (Å²) in [6.07, 6.45) is 0.781. The van der Waals surface area contributed by atoms with Gasteiger partial charge in [-0.05, 0) is 37.5 Å². The molecule has 2 atom stereocenters. The molecule has 1 N–H and O–H groups in total. The fraction of sp³-hybridized carbons (Fsp3) is 0.263. The monoisotopic (exact) mass is 308 g/mol. The van der Waals surface area contributed by atoms with Crippen molar-refractivity contribution in [3.63, 3.8) is 0 Å². The number of nitrogens with zero attached hydrogens (tertiary/aromatic N) is 1. The van der Waals surface area contributed by atoms with E-state index in [1.165, 1.54) is 0 Å². The number of carbonyl (C=O) groups is 2. The van der Waals surface area contributed by atoms with Crippen LogP contribution in [0.3, 0.4) is 0 Å². The van der Waals surface area contributed by atoms with Gasteiger partial charge in [-0.1, -0.05) is 48.5 Å². The maximum atomic E-state index is 12.6. The van der Waals surface area contributed by atoms with E-state index in [2.05, 4.69) is 5.32 Å². The molecule has 0 aromatic heterocycles. The highest BCUT2D eigenvalue weighted by Gasteiger charge is 2.34. The van der Waals surface area contributed by atoms with Crippen molar-refractivity contribution in [1.82, 2.24) is 5.32 Å². The van der Waals surface area contributed by atoms with E-state index < -0.39 is 11.8 Å². The highest BCUT2D eigenvalue weighted by molar-refractivity contribution is 6.40. The standard InChI is InChI=1S/C19H20N2O2/c1-13-12-16-10-6-7-11-17(16)21(13)19(23)18(22)20-14(2)15-8-4-3-5-9-15/h3-11,13-14H,12H2,1-2H3,(H,20,22). The van der Waals surface area contributed by atoms with Crippen LogP contribution in [0, 0.1) is 0 Å². The maximum Gasteiger partial charge on any atom is 0.316 e. The van der Waals surface area contributed by atoms with E-state index in [-0.39, 0.29) is 12.1 Å². The first-order valence-corrected chi connectivity index (χ1v) is 7.85. The summed E-state index contributed by atoms with van der Waals surface area (Å²) in [4.78, 5) is 26.6. The summed E-state index contributed by atoms with van der Waals surface area (Å²) in [5.41, 5.74) is 2.92. The van der Waals surface area contributed by atoms with Gasteiger partial charge >= 0.3 is 11.8 Å². The molecular weight excluding hydrogens is 288 g/mol. The first kappa shape index (κ1) is 15.3. The number of benzene rings is 2. The lowest BCUT2D eigenvalue weighted by Gasteiger charge is -2.23. The minimum Gasteiger partial charge on any atom is -0.341 e. The van der Waals surface area contributed by atoms with Gasteiger partial charge in [0.25, 0.3) is 0 Å². The van der Waals surface area contributed by atoms with Crippen molar-refractivity contribution in [2.24, 2.45) is 0 Å². The molecule has 0 saturated heterocycles. The Bertz CT molecular complexity index is 727. The van der Waals surface area contributed by atoms with Gasteiger partial charge in [0, 0.05) is 11.7 Å². The molecule has 0 aliphatic carbocycles. The Labute approximate surface area is 136 Å². The summed E-state index contributed by atoms with van der Waals surface area (Å²) in [6, 6.07) is 17.2. The molecule has 2 unspecified atom stereocenters. The number of rotatable bonds is 2. The zero-order chi connectivity index (χ0) is 16.4. The molecule has 0 spiro atoms. The van der Waals surface area contributed by atoms with E-state index in [1.54, 1.807) is 4.90 Å². The molecule has 2 aromatic carbocycles. The number of amides is 2. The van der Waals surface area contributed by atoms with E-state index in [0.717, 1.165) is 23.2 Å². The third-order valence-corrected chi connectivity index (χ3v) is 4.27. The molecule has 3 rings (SSSR count). The van der Waals surface area contributed by atoms with Crippen LogP contribution in [0.1, 0.15) is 31.0 Å². The predicted molar refractivity (Wildman–Crippen MR) is 90.1 cm³/mol. The highest BCUT2D eigenvalue weighted by atomic mass is 16.2. The third kappa shape index (κ3) is 2.97. The highest BCUT2D eigenvalue weighted by Crippen LogP contribution is 2.31. The van der Waals surface area contributed by atoms with Crippen molar-refractivity contribution in [1.29, 1.82) is 0 Å². The van der Waals surface area contributed by atoms with Crippen molar-refractivity contribution in [2.45, 2.75) is 32.4 Å². The van der Waals surface area contributed by atoms with Gasteiger partial charge in [-0.3, -0.25) is 9.59 Å². The van der Waals surface area contributed by atoms with E-state index in [4.69, 9.17) is 0 Å². The Balaban J connectivity index is 1.74. The average Bonchev–Trinajstić information content (AvgIpc) is 2.90. The fourth-order valence-corrected chi connectivity index (χ4v) is 3.07. The Morgan fingerprint density at radius 1 is 1.09 bits per heavy atom. The fourth-order valence-electron chi connectivity index (χ4n) is 3.07. The lowest BCUT2D eigenvalue weighted by molar-refractivity contribution is -0.138. The summed E-state index contributed by atoms with van der Waals surface area (Å²) >= 11 is 0. The van der Waals surface area contributed by atoms with E-state index >= 15 is 0 Å². The Hall–Kier alpha value is -2.62. The second-order valence-electron chi connectivity index (χ2n) is 5.96. The summed E-state index contributed by atoms with van der Waals surface area (Å²) in [7, 11) is 0. The Kier molecular flexibility index (Phi) is 4.15. The molecule has 0 saturated carbocycles. The second-order valence-corrected chi connectivity index (χ2v) is 5.96. The van der Waals surface area contributed by atoms with Crippen LogP contribution in [0.15, 0.2) is 54.6 Å². The van der Waals surface area contributed by atoms with Crippen LogP contribution in [0.2, 0.25) is 0 Å². The number of fused-ring (bicyclic) bond motifs is 1. The minimum absolute atomic E-state index is 0.00215. The number of anilines is 1. The van der Waals surface area contributed by atoms with E-state index in [9.17, 15) is 9.59 Å². The van der Waals surface area contributed by atoms with Crippen LogP contribution in [-0.2, 0) is 16.0 Å². The molecule has 0 radical (unpaired) electrons. The van der Waals surface area contributed by atoms with Crippen LogP contribution in [0.4, 0.5) is 5.69 Å². The van der Waals surface area contributed by atoms with Gasteiger partial charge in [0.05, 0.1) is 6.04 Å². The van der Waals surface area contributed by atoms with Crippen molar-refractivity contribution >= 4 is 17.5 Å². The number of hydrogen-bond donors (Lipinski definition) is 1. The lowest BCUT2D eigenvalue weighted by Crippen LogP contribution is -2.46. The predicted octanol–water partition coefficient (Wildman–Crippen LogP) is 2.84. The molecule has 1 aliphatic rings. The normalized spacial score (nSPS) is 17.5. The first-order valence-electron chi connectivity index (χ1n) is 7.85. The summed E-state index contributed by atoms with van der Waals surface area (Å²) in [6.45, 7) is 3.84.